The molecule has 3 rings (SSSR count). The highest BCUT2D eigenvalue weighted by molar-refractivity contribution is 9.10. The predicted molar refractivity (Wildman–Crippen MR) is 127 cm³/mol. The van der Waals surface area contributed by atoms with Crippen molar-refractivity contribution in [2.24, 2.45) is 0 Å². The largest absolute Gasteiger partial charge is 0.372 e. The van der Waals surface area contributed by atoms with Crippen molar-refractivity contribution in [1.29, 1.82) is 0 Å². The molecule has 0 bridgehead atoms. The lowest BCUT2D eigenvalue weighted by atomic mass is 10.0. The number of nitrogens with zero attached hydrogens (tertiary/aromatic N) is 2. The van der Waals surface area contributed by atoms with Crippen LogP contribution < -0.4 is 0 Å². The Hall–Kier alpha value is -1.72. The molecule has 2 nitrogen and oxygen atoms in total. The van der Waals surface area contributed by atoms with Crippen molar-refractivity contribution in [3.8, 4) is 22.4 Å². The van der Waals surface area contributed by atoms with Crippen LogP contribution in [0.3, 0.4) is 0 Å². The van der Waals surface area contributed by atoms with Crippen molar-refractivity contribution in [3.05, 3.63) is 65.3 Å². The minimum Gasteiger partial charge on any atom is -0.372 e. The molecule has 0 radical (unpaired) electrons. The molecule has 2 heterocycles. The van der Waals surface area contributed by atoms with Crippen LogP contribution in [0.4, 0.5) is 4.39 Å². The first-order valence-electron chi connectivity index (χ1n) is 10.3. The van der Waals surface area contributed by atoms with E-state index in [0.717, 1.165) is 26.9 Å². The lowest BCUT2D eigenvalue weighted by Gasteiger charge is -2.45. The average molecular weight is 474 g/mol. The molecule has 1 aromatic carbocycles. The van der Waals surface area contributed by atoms with Crippen LogP contribution in [0.5, 0.6) is 0 Å². The molecule has 2 aromatic heterocycles. The van der Waals surface area contributed by atoms with E-state index < -0.39 is 8.24 Å². The smallest absolute Gasteiger partial charge is 0.169 e. The highest BCUT2D eigenvalue weighted by Gasteiger charge is 2.47. The Morgan fingerprint density at radius 1 is 0.897 bits per heavy atom. The zero-order chi connectivity index (χ0) is 21.3. The summed E-state index contributed by atoms with van der Waals surface area (Å²) in [5.41, 5.74) is 5.80. The second-order valence-corrected chi connectivity index (χ2v) is 15.2. The Morgan fingerprint density at radius 3 is 2.00 bits per heavy atom. The molecule has 29 heavy (non-hydrogen) atoms. The maximum Gasteiger partial charge on any atom is 0.169 e. The fourth-order valence-corrected chi connectivity index (χ4v) is 12.8. The van der Waals surface area contributed by atoms with Crippen molar-refractivity contribution in [2.75, 3.05) is 0 Å². The fraction of sp³-hybridized carbons (Fsp3) is 0.375. The maximum atomic E-state index is 14.3. The molecule has 0 fully saturated rings. The maximum absolute atomic E-state index is 14.3. The summed E-state index contributed by atoms with van der Waals surface area (Å²) in [7, 11) is -2.04. The average Bonchev–Trinajstić information content (AvgIpc) is 2.99. The molecule has 0 saturated heterocycles. The topological polar surface area (TPSA) is 17.8 Å². The summed E-state index contributed by atoms with van der Waals surface area (Å²) in [5, 5.41) is 0. The van der Waals surface area contributed by atoms with Crippen molar-refractivity contribution in [3.63, 3.8) is 0 Å². The highest BCUT2D eigenvalue weighted by Crippen LogP contribution is 2.49. The number of rotatable bonds is 6. The lowest BCUT2D eigenvalue weighted by Crippen LogP contribution is -2.52. The van der Waals surface area contributed by atoms with Gasteiger partial charge in [-0.3, -0.25) is 4.98 Å². The molecule has 154 valence electrons. The van der Waals surface area contributed by atoms with Crippen LogP contribution in [0.15, 0.2) is 59.5 Å². The van der Waals surface area contributed by atoms with Crippen molar-refractivity contribution in [2.45, 2.75) is 58.2 Å². The zero-order valence-corrected chi connectivity index (χ0v) is 20.7. The van der Waals surface area contributed by atoms with Crippen LogP contribution in [0.25, 0.3) is 22.4 Å². The quantitative estimate of drug-likeness (QED) is 0.330. The first-order chi connectivity index (χ1) is 13.7. The van der Waals surface area contributed by atoms with E-state index in [0.29, 0.717) is 16.6 Å². The summed E-state index contributed by atoms with van der Waals surface area (Å²) in [6.07, 6.45) is 5.88. The van der Waals surface area contributed by atoms with Gasteiger partial charge in [-0.15, -0.1) is 0 Å². The summed E-state index contributed by atoms with van der Waals surface area (Å²) < 4.78 is 17.9. The van der Waals surface area contributed by atoms with E-state index in [1.54, 1.807) is 12.1 Å². The lowest BCUT2D eigenvalue weighted by molar-refractivity contribution is 0.628. The van der Waals surface area contributed by atoms with Gasteiger partial charge in [-0.1, -0.05) is 53.7 Å². The Labute approximate surface area is 183 Å². The van der Waals surface area contributed by atoms with Gasteiger partial charge in [0.2, 0.25) is 0 Å². The van der Waals surface area contributed by atoms with Gasteiger partial charge >= 0.3 is 0 Å². The van der Waals surface area contributed by atoms with Gasteiger partial charge in [0.1, 0.15) is 5.82 Å². The summed E-state index contributed by atoms with van der Waals surface area (Å²) >= 11 is 3.85. The van der Waals surface area contributed by atoms with Crippen LogP contribution in [0, 0.1) is 5.82 Å². The molecule has 3 aromatic rings. The Bertz CT molecular complexity index is 958. The molecule has 0 aliphatic carbocycles. The number of aromatic nitrogens is 2. The standard InChI is InChI=1S/C24H30BrFN2Si/c1-16(2)29(17(3)4,18(5)6)28-15-22(25)23(19-10-12-27-13-11-19)24(28)20-8-7-9-21(26)14-20/h7-18H,1-6H3. The predicted octanol–water partition coefficient (Wildman–Crippen LogP) is 8.14. The molecule has 0 spiro atoms. The molecular formula is C24H30BrFN2Si. The Balaban J connectivity index is 2.45. The third-order valence-electron chi connectivity index (χ3n) is 6.22. The molecule has 0 aliphatic rings. The minimum atomic E-state index is -2.04. The summed E-state index contributed by atoms with van der Waals surface area (Å²) in [4.78, 5) is 4.18. The van der Waals surface area contributed by atoms with Crippen LogP contribution in [-0.2, 0) is 0 Å². The SMILES string of the molecule is CC(C)[Si](C(C)C)(C(C)C)n1cc(Br)c(-c2ccncc2)c1-c1cccc(F)c1. The molecule has 0 amide bonds. The highest BCUT2D eigenvalue weighted by atomic mass is 79.9. The second kappa shape index (κ2) is 8.56. The molecule has 0 unspecified atom stereocenters. The Kier molecular flexibility index (Phi) is 6.49. The van der Waals surface area contributed by atoms with Gasteiger partial charge in [-0.05, 0) is 62.4 Å². The van der Waals surface area contributed by atoms with Gasteiger partial charge in [0.15, 0.2) is 8.24 Å². The first kappa shape index (κ1) is 22.0. The van der Waals surface area contributed by atoms with Gasteiger partial charge in [0, 0.05) is 39.9 Å². The van der Waals surface area contributed by atoms with E-state index in [-0.39, 0.29) is 5.82 Å². The van der Waals surface area contributed by atoms with E-state index in [1.807, 2.05) is 30.6 Å². The zero-order valence-electron chi connectivity index (χ0n) is 18.1. The number of hydrogen-bond acceptors (Lipinski definition) is 1. The van der Waals surface area contributed by atoms with Crippen molar-refractivity contribution >= 4 is 24.2 Å². The number of benzene rings is 1. The minimum absolute atomic E-state index is 0.210. The van der Waals surface area contributed by atoms with Crippen LogP contribution in [-0.4, -0.2) is 17.5 Å². The van der Waals surface area contributed by atoms with Gasteiger partial charge in [-0.25, -0.2) is 4.39 Å². The molecular weight excluding hydrogens is 443 g/mol. The summed E-state index contributed by atoms with van der Waals surface area (Å²) in [5.74, 6) is -0.210. The first-order valence-corrected chi connectivity index (χ1v) is 13.3. The van der Waals surface area contributed by atoms with E-state index in [1.165, 1.54) is 6.07 Å². The molecule has 5 heteroatoms. The molecule has 0 atom stereocenters. The second-order valence-electron chi connectivity index (χ2n) is 8.67. The van der Waals surface area contributed by atoms with Gasteiger partial charge in [-0.2, -0.15) is 0 Å². The van der Waals surface area contributed by atoms with Crippen LogP contribution >= 0.6 is 15.9 Å². The number of hydrogen-bond donors (Lipinski definition) is 0. The normalized spacial score (nSPS) is 12.4. The van der Waals surface area contributed by atoms with Gasteiger partial charge < -0.3 is 4.23 Å². The summed E-state index contributed by atoms with van der Waals surface area (Å²) in [6, 6.07) is 11.0. The van der Waals surface area contributed by atoms with Crippen molar-refractivity contribution < 1.29 is 4.39 Å². The van der Waals surface area contributed by atoms with Crippen molar-refractivity contribution in [1.82, 2.24) is 9.22 Å². The van der Waals surface area contributed by atoms with E-state index >= 15 is 0 Å². The van der Waals surface area contributed by atoms with E-state index in [2.05, 4.69) is 72.9 Å². The third-order valence-corrected chi connectivity index (χ3v) is 13.6. The van der Waals surface area contributed by atoms with Crippen LogP contribution in [0.1, 0.15) is 41.5 Å². The van der Waals surface area contributed by atoms with E-state index in [4.69, 9.17) is 0 Å². The van der Waals surface area contributed by atoms with Gasteiger partial charge in [0.25, 0.3) is 0 Å². The molecule has 0 aliphatic heterocycles. The number of halogens is 2. The van der Waals surface area contributed by atoms with Crippen LogP contribution in [0.2, 0.25) is 16.6 Å². The van der Waals surface area contributed by atoms with Gasteiger partial charge in [0.05, 0.1) is 0 Å². The molecule has 0 N–H and O–H groups in total. The molecule has 0 saturated carbocycles. The number of pyridine rings is 1. The van der Waals surface area contributed by atoms with E-state index in [9.17, 15) is 4.39 Å². The Morgan fingerprint density at radius 2 is 1.48 bits per heavy atom. The monoisotopic (exact) mass is 472 g/mol. The third kappa shape index (κ3) is 3.75. The fourth-order valence-electron chi connectivity index (χ4n) is 5.33. The summed E-state index contributed by atoms with van der Waals surface area (Å²) in [6.45, 7) is 14.1.